The lowest BCUT2D eigenvalue weighted by molar-refractivity contribution is 0.561. The largest absolute Gasteiger partial charge is 0.472 e. The molecule has 0 spiro atoms. The average Bonchev–Trinajstić information content (AvgIpc) is 2.83. The van der Waals surface area contributed by atoms with Crippen LogP contribution in [-0.4, -0.2) is 8.42 Å². The van der Waals surface area contributed by atoms with E-state index in [2.05, 4.69) is 4.72 Å². The first-order chi connectivity index (χ1) is 8.49. The van der Waals surface area contributed by atoms with Crippen molar-refractivity contribution in [2.75, 3.05) is 0 Å². The monoisotopic (exact) mass is 269 g/mol. The van der Waals surface area contributed by atoms with Crippen LogP contribution in [0.2, 0.25) is 0 Å². The predicted octanol–water partition coefficient (Wildman–Crippen LogP) is 2.21. The third-order valence-corrected chi connectivity index (χ3v) is 3.89. The number of aryl methyl sites for hydroxylation is 1. The lowest BCUT2D eigenvalue weighted by Crippen LogP contribution is -2.23. The Kier molecular flexibility index (Phi) is 3.49. The Morgan fingerprint density at radius 2 is 2.11 bits per heavy atom. The fourth-order valence-electron chi connectivity index (χ4n) is 1.44. The van der Waals surface area contributed by atoms with Gasteiger partial charge in [-0.1, -0.05) is 0 Å². The van der Waals surface area contributed by atoms with E-state index in [1.54, 1.807) is 6.07 Å². The van der Waals surface area contributed by atoms with Gasteiger partial charge in [-0.2, -0.15) is 0 Å². The van der Waals surface area contributed by atoms with Crippen molar-refractivity contribution in [2.24, 2.45) is 0 Å². The number of halogens is 1. The van der Waals surface area contributed by atoms with Gasteiger partial charge in [-0.25, -0.2) is 17.5 Å². The molecule has 0 saturated heterocycles. The number of hydrogen-bond donors (Lipinski definition) is 1. The molecule has 0 aliphatic rings. The minimum absolute atomic E-state index is 0.0462. The highest BCUT2D eigenvalue weighted by molar-refractivity contribution is 7.89. The highest BCUT2D eigenvalue weighted by Crippen LogP contribution is 2.14. The van der Waals surface area contributed by atoms with Gasteiger partial charge in [0, 0.05) is 12.1 Å². The second-order valence-electron chi connectivity index (χ2n) is 3.87. The van der Waals surface area contributed by atoms with Crippen molar-refractivity contribution >= 4 is 10.0 Å². The van der Waals surface area contributed by atoms with E-state index < -0.39 is 15.8 Å². The third-order valence-electron chi connectivity index (χ3n) is 2.49. The molecule has 2 rings (SSSR count). The third kappa shape index (κ3) is 2.77. The van der Waals surface area contributed by atoms with Crippen LogP contribution in [0.25, 0.3) is 0 Å². The number of hydrogen-bond acceptors (Lipinski definition) is 3. The van der Waals surface area contributed by atoms with E-state index in [4.69, 9.17) is 4.42 Å². The van der Waals surface area contributed by atoms with Crippen LogP contribution < -0.4 is 4.72 Å². The Hall–Kier alpha value is -1.66. The van der Waals surface area contributed by atoms with Gasteiger partial charge in [0.25, 0.3) is 0 Å². The molecule has 1 aromatic carbocycles. The molecule has 0 amide bonds. The van der Waals surface area contributed by atoms with Crippen molar-refractivity contribution in [3.05, 3.63) is 53.7 Å². The number of nitrogens with one attached hydrogen (secondary N) is 1. The molecule has 96 valence electrons. The Morgan fingerprint density at radius 1 is 1.33 bits per heavy atom. The zero-order valence-corrected chi connectivity index (χ0v) is 10.5. The fourth-order valence-corrected chi connectivity index (χ4v) is 2.54. The fraction of sp³-hybridized carbons (Fsp3) is 0.167. The van der Waals surface area contributed by atoms with Crippen LogP contribution in [0.15, 0.2) is 46.1 Å². The molecule has 0 aliphatic heterocycles. The van der Waals surface area contributed by atoms with E-state index in [-0.39, 0.29) is 11.4 Å². The molecule has 0 bridgehead atoms. The molecule has 1 N–H and O–H groups in total. The Balaban J connectivity index is 2.17. The number of rotatable bonds is 4. The summed E-state index contributed by atoms with van der Waals surface area (Å²) in [6, 6.07) is 5.34. The van der Waals surface area contributed by atoms with Gasteiger partial charge in [-0.05, 0) is 36.8 Å². The molecular weight excluding hydrogens is 257 g/mol. The summed E-state index contributed by atoms with van der Waals surface area (Å²) in [6.45, 7) is 1.65. The summed E-state index contributed by atoms with van der Waals surface area (Å²) in [5, 5.41) is 0. The van der Waals surface area contributed by atoms with Crippen molar-refractivity contribution < 1.29 is 17.2 Å². The second-order valence-corrected chi connectivity index (χ2v) is 5.63. The normalized spacial score (nSPS) is 11.7. The van der Waals surface area contributed by atoms with Crippen molar-refractivity contribution in [2.45, 2.75) is 18.4 Å². The summed E-state index contributed by atoms with van der Waals surface area (Å²) >= 11 is 0. The molecule has 2 aromatic rings. The molecular formula is C12H12FNO3S. The van der Waals surface area contributed by atoms with Crippen molar-refractivity contribution in [1.29, 1.82) is 0 Å². The molecule has 1 aromatic heterocycles. The van der Waals surface area contributed by atoms with Gasteiger partial charge in [0.2, 0.25) is 10.0 Å². The Labute approximate surface area is 104 Å². The van der Waals surface area contributed by atoms with Gasteiger partial charge in [0.1, 0.15) is 5.82 Å². The van der Waals surface area contributed by atoms with Crippen LogP contribution >= 0.6 is 0 Å². The molecule has 0 atom stereocenters. The SMILES string of the molecule is Cc1cc(S(=O)(=O)NCc2ccoc2)ccc1F. The average molecular weight is 269 g/mol. The number of benzene rings is 1. The maximum absolute atomic E-state index is 13.1. The second kappa shape index (κ2) is 4.91. The summed E-state index contributed by atoms with van der Waals surface area (Å²) in [7, 11) is -3.63. The smallest absolute Gasteiger partial charge is 0.240 e. The quantitative estimate of drug-likeness (QED) is 0.925. The maximum atomic E-state index is 13.1. The lowest BCUT2D eigenvalue weighted by atomic mass is 10.2. The van der Waals surface area contributed by atoms with Crippen LogP contribution in [0.4, 0.5) is 4.39 Å². The zero-order valence-electron chi connectivity index (χ0n) is 9.68. The Morgan fingerprint density at radius 3 is 2.72 bits per heavy atom. The van der Waals surface area contributed by atoms with Gasteiger partial charge in [-0.15, -0.1) is 0 Å². The maximum Gasteiger partial charge on any atom is 0.240 e. The van der Waals surface area contributed by atoms with Gasteiger partial charge in [0.05, 0.1) is 17.4 Å². The van der Waals surface area contributed by atoms with E-state index in [0.29, 0.717) is 5.56 Å². The van der Waals surface area contributed by atoms with Gasteiger partial charge >= 0.3 is 0 Å². The summed E-state index contributed by atoms with van der Waals surface area (Å²) in [6.07, 6.45) is 2.92. The summed E-state index contributed by atoms with van der Waals surface area (Å²) in [5.41, 5.74) is 1.01. The van der Waals surface area contributed by atoms with E-state index in [9.17, 15) is 12.8 Å². The molecule has 0 unspecified atom stereocenters. The van der Waals surface area contributed by atoms with Crippen molar-refractivity contribution in [3.63, 3.8) is 0 Å². The summed E-state index contributed by atoms with van der Waals surface area (Å²) in [5.74, 6) is -0.427. The molecule has 6 heteroatoms. The number of furan rings is 1. The van der Waals surface area contributed by atoms with E-state index in [1.807, 2.05) is 0 Å². The van der Waals surface area contributed by atoms with Crippen LogP contribution in [0.1, 0.15) is 11.1 Å². The predicted molar refractivity (Wildman–Crippen MR) is 63.9 cm³/mol. The van der Waals surface area contributed by atoms with Crippen LogP contribution in [0.5, 0.6) is 0 Å². The van der Waals surface area contributed by atoms with Crippen LogP contribution in [-0.2, 0) is 16.6 Å². The topological polar surface area (TPSA) is 59.3 Å². The molecule has 0 fully saturated rings. The minimum atomic E-state index is -3.63. The van der Waals surface area contributed by atoms with Gasteiger partial charge < -0.3 is 4.42 Å². The Bertz CT molecular complexity index is 635. The lowest BCUT2D eigenvalue weighted by Gasteiger charge is -2.06. The standard InChI is InChI=1S/C12H12FNO3S/c1-9-6-11(2-3-12(9)13)18(15,16)14-7-10-4-5-17-8-10/h2-6,8,14H,7H2,1H3. The molecule has 0 aliphatic carbocycles. The molecule has 18 heavy (non-hydrogen) atoms. The number of sulfonamides is 1. The van der Waals surface area contributed by atoms with E-state index in [0.717, 1.165) is 11.6 Å². The first-order valence-electron chi connectivity index (χ1n) is 5.26. The van der Waals surface area contributed by atoms with Crippen molar-refractivity contribution in [3.8, 4) is 0 Å². The van der Waals surface area contributed by atoms with Crippen LogP contribution in [0.3, 0.4) is 0 Å². The highest BCUT2D eigenvalue weighted by Gasteiger charge is 2.15. The zero-order chi connectivity index (χ0) is 13.2. The minimum Gasteiger partial charge on any atom is -0.472 e. The first kappa shape index (κ1) is 12.8. The van der Waals surface area contributed by atoms with Gasteiger partial charge in [0.15, 0.2) is 0 Å². The summed E-state index contributed by atoms with van der Waals surface area (Å²) in [4.78, 5) is 0.0462. The van der Waals surface area contributed by atoms with Crippen LogP contribution in [0, 0.1) is 12.7 Å². The van der Waals surface area contributed by atoms with Gasteiger partial charge in [-0.3, -0.25) is 0 Å². The molecule has 4 nitrogen and oxygen atoms in total. The highest BCUT2D eigenvalue weighted by atomic mass is 32.2. The van der Waals surface area contributed by atoms with Crippen molar-refractivity contribution in [1.82, 2.24) is 4.72 Å². The summed E-state index contributed by atoms with van der Waals surface area (Å²) < 4.78 is 44.2. The first-order valence-corrected chi connectivity index (χ1v) is 6.74. The molecule has 0 saturated carbocycles. The molecule has 0 radical (unpaired) electrons. The molecule has 1 heterocycles. The van der Waals surface area contributed by atoms with E-state index in [1.165, 1.54) is 31.6 Å². The van der Waals surface area contributed by atoms with E-state index >= 15 is 0 Å².